The number of hydrogen-bond acceptors (Lipinski definition) is 3. The number of sulfone groups is 1. The van der Waals surface area contributed by atoms with E-state index in [1.807, 2.05) is 49.4 Å². The lowest BCUT2D eigenvalue weighted by atomic mass is 10.1. The van der Waals surface area contributed by atoms with E-state index in [-0.39, 0.29) is 5.75 Å². The molecule has 0 fully saturated rings. The number of rotatable bonds is 6. The van der Waals surface area contributed by atoms with Crippen LogP contribution in [0.1, 0.15) is 24.1 Å². The first-order chi connectivity index (χ1) is 11.4. The van der Waals surface area contributed by atoms with E-state index in [9.17, 15) is 13.2 Å². The summed E-state index contributed by atoms with van der Waals surface area (Å²) >= 11 is 0. The van der Waals surface area contributed by atoms with Crippen molar-refractivity contribution < 1.29 is 13.2 Å². The molecule has 2 aromatic carbocycles. The number of benzene rings is 2. The fourth-order valence-corrected chi connectivity index (χ4v) is 3.36. The lowest BCUT2D eigenvalue weighted by molar-refractivity contribution is 0.249. The first kappa shape index (κ1) is 18.0. The maximum absolute atomic E-state index is 12.3. The molecule has 0 aliphatic rings. The first-order valence-electron chi connectivity index (χ1n) is 7.77. The van der Waals surface area contributed by atoms with Gasteiger partial charge in [0.1, 0.15) is 9.84 Å². The van der Waals surface area contributed by atoms with E-state index in [2.05, 4.69) is 10.6 Å². The van der Waals surface area contributed by atoms with Crippen LogP contribution in [0, 0.1) is 0 Å². The van der Waals surface area contributed by atoms with Crippen molar-refractivity contribution in [3.05, 3.63) is 65.7 Å². The van der Waals surface area contributed by atoms with Crippen LogP contribution in [0.5, 0.6) is 0 Å². The number of hydrogen-bond donors (Lipinski definition) is 2. The molecule has 1 atom stereocenters. The van der Waals surface area contributed by atoms with Gasteiger partial charge in [0.2, 0.25) is 0 Å². The van der Waals surface area contributed by atoms with Gasteiger partial charge in [-0.3, -0.25) is 0 Å². The Morgan fingerprint density at radius 1 is 1.04 bits per heavy atom. The van der Waals surface area contributed by atoms with Crippen LogP contribution in [-0.4, -0.2) is 26.5 Å². The third kappa shape index (κ3) is 5.38. The minimum absolute atomic E-state index is 0.153. The van der Waals surface area contributed by atoms with Crippen LogP contribution in [0.2, 0.25) is 0 Å². The molecule has 0 heterocycles. The molecule has 0 spiro atoms. The summed E-state index contributed by atoms with van der Waals surface area (Å²) in [4.78, 5) is 12.3. The van der Waals surface area contributed by atoms with Gasteiger partial charge < -0.3 is 10.6 Å². The Morgan fingerprint density at radius 3 is 2.29 bits per heavy atom. The van der Waals surface area contributed by atoms with Crippen LogP contribution in [0.3, 0.4) is 0 Å². The molecule has 5 nitrogen and oxygen atoms in total. The molecule has 2 rings (SSSR count). The van der Waals surface area contributed by atoms with Gasteiger partial charge in [0.15, 0.2) is 0 Å². The van der Waals surface area contributed by atoms with Crippen molar-refractivity contribution in [2.24, 2.45) is 0 Å². The summed E-state index contributed by atoms with van der Waals surface area (Å²) in [6.07, 6.45) is 1.96. The average Bonchev–Trinajstić information content (AvgIpc) is 2.54. The van der Waals surface area contributed by atoms with Crippen molar-refractivity contribution in [1.82, 2.24) is 5.32 Å². The molecule has 0 aromatic heterocycles. The van der Waals surface area contributed by atoms with E-state index in [0.717, 1.165) is 29.5 Å². The summed E-state index contributed by atoms with van der Waals surface area (Å²) in [6.45, 7) is 2.01. The van der Waals surface area contributed by atoms with E-state index in [1.54, 1.807) is 12.1 Å². The zero-order chi connectivity index (χ0) is 17.6. The molecule has 2 N–H and O–H groups in total. The largest absolute Gasteiger partial charge is 0.330 e. The predicted octanol–water partition coefficient (Wildman–Crippen LogP) is 3.16. The number of urea groups is 1. The number of aryl methyl sites for hydroxylation is 1. The average molecular weight is 346 g/mol. The van der Waals surface area contributed by atoms with E-state index in [0.29, 0.717) is 0 Å². The van der Waals surface area contributed by atoms with E-state index >= 15 is 0 Å². The Hall–Kier alpha value is -2.34. The first-order valence-corrected chi connectivity index (χ1v) is 9.83. The highest BCUT2D eigenvalue weighted by molar-refractivity contribution is 7.90. The van der Waals surface area contributed by atoms with Crippen LogP contribution in [0.15, 0.2) is 54.6 Å². The molecular formula is C18H22N2O3S. The number of nitrogens with one attached hydrogen (secondary N) is 2. The van der Waals surface area contributed by atoms with Crippen LogP contribution in [-0.2, 0) is 16.3 Å². The van der Waals surface area contributed by atoms with Crippen LogP contribution in [0.4, 0.5) is 10.5 Å². The molecule has 0 saturated carbocycles. The van der Waals surface area contributed by atoms with Crippen molar-refractivity contribution >= 4 is 21.6 Å². The second kappa shape index (κ2) is 7.97. The molecule has 0 aliphatic carbocycles. The van der Waals surface area contributed by atoms with Crippen molar-refractivity contribution in [3.8, 4) is 0 Å². The zero-order valence-electron chi connectivity index (χ0n) is 13.8. The number of anilines is 1. The lowest BCUT2D eigenvalue weighted by Crippen LogP contribution is -2.36. The van der Waals surface area contributed by atoms with Gasteiger partial charge in [0, 0.05) is 11.9 Å². The van der Waals surface area contributed by atoms with Gasteiger partial charge >= 0.3 is 6.03 Å². The molecular weight excluding hydrogens is 324 g/mol. The molecule has 0 bridgehead atoms. The van der Waals surface area contributed by atoms with Gasteiger partial charge in [-0.05, 0) is 23.6 Å². The quantitative estimate of drug-likeness (QED) is 0.844. The summed E-state index contributed by atoms with van der Waals surface area (Å²) in [5, 5.41) is 5.56. The van der Waals surface area contributed by atoms with E-state index < -0.39 is 21.9 Å². The molecule has 24 heavy (non-hydrogen) atoms. The Kier molecular flexibility index (Phi) is 5.98. The minimum Gasteiger partial charge on any atom is -0.330 e. The molecule has 6 heteroatoms. The Labute approximate surface area is 143 Å². The molecule has 2 aromatic rings. The highest BCUT2D eigenvalue weighted by atomic mass is 32.2. The highest BCUT2D eigenvalue weighted by Crippen LogP contribution is 2.17. The number of carbonyl (C=O) groups excluding carboxylic acids is 1. The summed E-state index contributed by atoms with van der Waals surface area (Å²) in [5.41, 5.74) is 2.50. The predicted molar refractivity (Wildman–Crippen MR) is 96.9 cm³/mol. The normalized spacial score (nSPS) is 12.4. The Bertz CT molecular complexity index is 789. The molecule has 2 amide bonds. The Morgan fingerprint density at radius 2 is 1.67 bits per heavy atom. The molecule has 0 unspecified atom stereocenters. The number of carbonyl (C=O) groups is 1. The van der Waals surface area contributed by atoms with Gasteiger partial charge in [-0.1, -0.05) is 55.5 Å². The van der Waals surface area contributed by atoms with Gasteiger partial charge in [-0.15, -0.1) is 0 Å². The topological polar surface area (TPSA) is 75.3 Å². The summed E-state index contributed by atoms with van der Waals surface area (Å²) in [7, 11) is -3.25. The van der Waals surface area contributed by atoms with Crippen molar-refractivity contribution in [2.45, 2.75) is 19.4 Å². The fourth-order valence-electron chi connectivity index (χ4n) is 2.48. The van der Waals surface area contributed by atoms with Gasteiger partial charge in [-0.25, -0.2) is 13.2 Å². The molecule has 128 valence electrons. The second-order valence-corrected chi connectivity index (χ2v) is 7.85. The minimum atomic E-state index is -3.25. The number of para-hydroxylation sites is 1. The van der Waals surface area contributed by atoms with Gasteiger partial charge in [-0.2, -0.15) is 0 Å². The monoisotopic (exact) mass is 346 g/mol. The molecule has 0 aliphatic heterocycles. The van der Waals surface area contributed by atoms with Crippen molar-refractivity contribution in [3.63, 3.8) is 0 Å². The lowest BCUT2D eigenvalue weighted by Gasteiger charge is -2.19. The summed E-state index contributed by atoms with van der Waals surface area (Å²) in [6, 6.07) is 15.6. The highest BCUT2D eigenvalue weighted by Gasteiger charge is 2.20. The second-order valence-electron chi connectivity index (χ2n) is 5.66. The molecule has 0 radical (unpaired) electrons. The van der Waals surface area contributed by atoms with Gasteiger partial charge in [0.25, 0.3) is 0 Å². The van der Waals surface area contributed by atoms with Crippen molar-refractivity contribution in [2.75, 3.05) is 17.3 Å². The standard InChI is InChI=1S/C18H22N2O3S/c1-3-14-9-7-8-12-16(14)19-18(21)20-17(13-24(2,22)23)15-10-5-4-6-11-15/h4-12,17H,3,13H2,1-2H3,(H2,19,20,21)/t17-/m1/s1. The Balaban J connectivity index is 2.15. The van der Waals surface area contributed by atoms with E-state index in [4.69, 9.17) is 0 Å². The van der Waals surface area contributed by atoms with Crippen LogP contribution < -0.4 is 10.6 Å². The third-order valence-electron chi connectivity index (χ3n) is 3.62. The van der Waals surface area contributed by atoms with Crippen LogP contribution in [0.25, 0.3) is 0 Å². The number of amides is 2. The summed E-state index contributed by atoms with van der Waals surface area (Å²) in [5.74, 6) is -0.153. The maximum Gasteiger partial charge on any atom is 0.319 e. The third-order valence-corrected chi connectivity index (χ3v) is 4.56. The van der Waals surface area contributed by atoms with Crippen LogP contribution >= 0.6 is 0 Å². The van der Waals surface area contributed by atoms with E-state index in [1.165, 1.54) is 0 Å². The zero-order valence-corrected chi connectivity index (χ0v) is 14.6. The molecule has 0 saturated heterocycles. The van der Waals surface area contributed by atoms with Crippen molar-refractivity contribution in [1.29, 1.82) is 0 Å². The SMILES string of the molecule is CCc1ccccc1NC(=O)N[C@H](CS(C)(=O)=O)c1ccccc1. The smallest absolute Gasteiger partial charge is 0.319 e. The maximum atomic E-state index is 12.3. The van der Waals surface area contributed by atoms with Gasteiger partial charge in [0.05, 0.1) is 11.8 Å². The summed E-state index contributed by atoms with van der Waals surface area (Å²) < 4.78 is 23.4. The fraction of sp³-hybridized carbons (Fsp3) is 0.278.